The van der Waals surface area contributed by atoms with Crippen molar-refractivity contribution in [2.24, 2.45) is 0 Å². The smallest absolute Gasteiger partial charge is 0.169 e. The minimum Gasteiger partial charge on any atom is -0.388 e. The summed E-state index contributed by atoms with van der Waals surface area (Å²) in [5.41, 5.74) is 3.62. The van der Waals surface area contributed by atoms with Crippen LogP contribution in [-0.2, 0) is 9.47 Å². The number of aliphatic hydroxyl groups is 1. The zero-order valence-electron chi connectivity index (χ0n) is 12.7. The second-order valence-corrected chi connectivity index (χ2v) is 5.91. The van der Waals surface area contributed by atoms with Crippen LogP contribution >= 0.6 is 0 Å². The van der Waals surface area contributed by atoms with Crippen molar-refractivity contribution in [2.75, 3.05) is 13.2 Å². The van der Waals surface area contributed by atoms with E-state index in [1.54, 1.807) is 0 Å². The first-order chi connectivity index (χ1) is 10.2. The number of benzene rings is 1. The van der Waals surface area contributed by atoms with Crippen LogP contribution in [0.4, 0.5) is 0 Å². The number of allylic oxidation sites excluding steroid dienone is 1. The Labute approximate surface area is 126 Å². The Morgan fingerprint density at radius 3 is 2.33 bits per heavy atom. The zero-order valence-corrected chi connectivity index (χ0v) is 12.7. The summed E-state index contributed by atoms with van der Waals surface area (Å²) < 4.78 is 11.6. The van der Waals surface area contributed by atoms with Crippen molar-refractivity contribution in [3.8, 4) is 0 Å². The highest BCUT2D eigenvalue weighted by atomic mass is 16.7. The molecule has 2 fully saturated rings. The molecule has 1 unspecified atom stereocenters. The zero-order chi connectivity index (χ0) is 14.7. The van der Waals surface area contributed by atoms with Crippen LogP contribution in [0.15, 0.2) is 35.9 Å². The second-order valence-electron chi connectivity index (χ2n) is 5.91. The lowest BCUT2D eigenvalue weighted by Gasteiger charge is -2.34. The molecule has 1 aromatic rings. The normalized spacial score (nSPS) is 22.5. The van der Waals surface area contributed by atoms with E-state index in [9.17, 15) is 5.11 Å². The van der Waals surface area contributed by atoms with Crippen molar-refractivity contribution < 1.29 is 14.6 Å². The summed E-state index contributed by atoms with van der Waals surface area (Å²) in [5, 5.41) is 10.5. The molecule has 0 aromatic heterocycles. The van der Waals surface area contributed by atoms with E-state index in [0.29, 0.717) is 13.2 Å². The Morgan fingerprint density at radius 1 is 1.14 bits per heavy atom. The summed E-state index contributed by atoms with van der Waals surface area (Å²) in [6, 6.07) is 10.3. The van der Waals surface area contributed by atoms with Gasteiger partial charge < -0.3 is 14.6 Å². The molecule has 3 heteroatoms. The molecule has 1 heterocycles. The van der Waals surface area contributed by atoms with E-state index in [2.05, 4.69) is 12.1 Å². The van der Waals surface area contributed by atoms with E-state index < -0.39 is 0 Å². The van der Waals surface area contributed by atoms with Crippen LogP contribution in [0.2, 0.25) is 0 Å². The molecule has 1 atom stereocenters. The van der Waals surface area contributed by atoms with E-state index in [4.69, 9.17) is 9.47 Å². The summed E-state index contributed by atoms with van der Waals surface area (Å²) in [7, 11) is 0. The van der Waals surface area contributed by atoms with E-state index in [1.165, 1.54) is 5.57 Å². The highest BCUT2D eigenvalue weighted by Crippen LogP contribution is 2.41. The molecule has 1 aliphatic carbocycles. The number of hydrogen-bond donors (Lipinski definition) is 1. The molecule has 1 aliphatic heterocycles. The summed E-state index contributed by atoms with van der Waals surface area (Å²) >= 11 is 0. The molecular weight excluding hydrogens is 264 g/mol. The van der Waals surface area contributed by atoms with Crippen LogP contribution in [0.25, 0.3) is 5.57 Å². The van der Waals surface area contributed by atoms with Gasteiger partial charge in [0.05, 0.1) is 19.3 Å². The third-order valence-electron chi connectivity index (χ3n) is 4.61. The van der Waals surface area contributed by atoms with E-state index in [1.807, 2.05) is 25.1 Å². The van der Waals surface area contributed by atoms with Crippen molar-refractivity contribution >= 4 is 5.57 Å². The lowest BCUT2D eigenvalue weighted by Crippen LogP contribution is -2.33. The summed E-state index contributed by atoms with van der Waals surface area (Å²) in [4.78, 5) is 0. The van der Waals surface area contributed by atoms with Gasteiger partial charge >= 0.3 is 0 Å². The lowest BCUT2D eigenvalue weighted by atomic mass is 9.83. The van der Waals surface area contributed by atoms with Gasteiger partial charge in [0.2, 0.25) is 0 Å². The van der Waals surface area contributed by atoms with Gasteiger partial charge in [-0.05, 0) is 30.4 Å². The summed E-state index contributed by atoms with van der Waals surface area (Å²) in [5.74, 6) is -0.345. The fourth-order valence-corrected chi connectivity index (χ4v) is 3.44. The minimum absolute atomic E-state index is 0.345. The molecule has 3 rings (SSSR count). The average Bonchev–Trinajstić information content (AvgIpc) is 2.99. The molecule has 2 aliphatic rings. The van der Waals surface area contributed by atoms with Gasteiger partial charge in [-0.15, -0.1) is 0 Å². The Balaban J connectivity index is 1.86. The van der Waals surface area contributed by atoms with E-state index in [0.717, 1.165) is 43.2 Å². The van der Waals surface area contributed by atoms with E-state index >= 15 is 0 Å². The van der Waals surface area contributed by atoms with Crippen LogP contribution in [-0.4, -0.2) is 30.2 Å². The highest BCUT2D eigenvalue weighted by Gasteiger charge is 2.39. The van der Waals surface area contributed by atoms with Gasteiger partial charge in [-0.2, -0.15) is 0 Å². The number of hydrogen-bond acceptors (Lipinski definition) is 3. The van der Waals surface area contributed by atoms with Crippen LogP contribution in [0.5, 0.6) is 0 Å². The highest BCUT2D eigenvalue weighted by molar-refractivity contribution is 5.71. The van der Waals surface area contributed by atoms with Crippen LogP contribution in [0.1, 0.15) is 44.6 Å². The lowest BCUT2D eigenvalue weighted by molar-refractivity contribution is -0.171. The number of rotatable bonds is 3. The average molecular weight is 288 g/mol. The fraction of sp³-hybridized carbons (Fsp3) is 0.556. The summed E-state index contributed by atoms with van der Waals surface area (Å²) in [6.45, 7) is 3.45. The molecule has 21 heavy (non-hydrogen) atoms. The van der Waals surface area contributed by atoms with Gasteiger partial charge in [-0.1, -0.05) is 42.8 Å². The number of aliphatic hydroxyl groups excluding tert-OH is 1. The quantitative estimate of drug-likeness (QED) is 0.924. The SMILES string of the molecule is CCC(O)C(=C1CCC2(CC1)OCCO2)c1ccccc1. The minimum atomic E-state index is -0.387. The molecule has 1 aromatic carbocycles. The maximum absolute atomic E-state index is 10.5. The predicted molar refractivity (Wildman–Crippen MR) is 82.8 cm³/mol. The van der Waals surface area contributed by atoms with Crippen molar-refractivity contribution in [3.05, 3.63) is 41.5 Å². The number of ether oxygens (including phenoxy) is 2. The predicted octanol–water partition coefficient (Wildman–Crippen LogP) is 3.53. The van der Waals surface area contributed by atoms with Gasteiger partial charge in [0, 0.05) is 12.8 Å². The summed E-state index contributed by atoms with van der Waals surface area (Å²) in [6.07, 6.45) is 4.04. The fourth-order valence-electron chi connectivity index (χ4n) is 3.44. The van der Waals surface area contributed by atoms with E-state index in [-0.39, 0.29) is 11.9 Å². The largest absolute Gasteiger partial charge is 0.388 e. The van der Waals surface area contributed by atoms with Crippen LogP contribution in [0.3, 0.4) is 0 Å². The van der Waals surface area contributed by atoms with Gasteiger partial charge in [-0.3, -0.25) is 0 Å². The third kappa shape index (κ3) is 3.05. The molecule has 0 amide bonds. The first kappa shape index (κ1) is 14.8. The van der Waals surface area contributed by atoms with Crippen molar-refractivity contribution in [2.45, 2.75) is 50.9 Å². The monoisotopic (exact) mass is 288 g/mol. The van der Waals surface area contributed by atoms with Gasteiger partial charge in [0.1, 0.15) is 0 Å². The Kier molecular flexibility index (Phi) is 4.43. The van der Waals surface area contributed by atoms with Gasteiger partial charge in [0.15, 0.2) is 5.79 Å². The standard InChI is InChI=1S/C18H24O3/c1-2-16(19)17(14-6-4-3-5-7-14)15-8-10-18(11-9-15)20-12-13-21-18/h3-7,16,19H,2,8-13H2,1H3. The molecule has 1 N–H and O–H groups in total. The first-order valence-corrected chi connectivity index (χ1v) is 7.97. The molecule has 114 valence electrons. The first-order valence-electron chi connectivity index (χ1n) is 7.97. The topological polar surface area (TPSA) is 38.7 Å². The van der Waals surface area contributed by atoms with Gasteiger partial charge in [-0.25, -0.2) is 0 Å². The molecule has 1 saturated heterocycles. The Morgan fingerprint density at radius 2 is 1.76 bits per heavy atom. The van der Waals surface area contributed by atoms with Crippen molar-refractivity contribution in [1.82, 2.24) is 0 Å². The second kappa shape index (κ2) is 6.30. The molecular formula is C18H24O3. The maximum Gasteiger partial charge on any atom is 0.169 e. The molecule has 0 bridgehead atoms. The van der Waals surface area contributed by atoms with Crippen molar-refractivity contribution in [3.63, 3.8) is 0 Å². The Hall–Kier alpha value is -1.16. The van der Waals surface area contributed by atoms with Crippen LogP contribution in [0, 0.1) is 0 Å². The van der Waals surface area contributed by atoms with Gasteiger partial charge in [0.25, 0.3) is 0 Å². The maximum atomic E-state index is 10.5. The molecule has 1 spiro atoms. The molecule has 1 saturated carbocycles. The molecule has 0 radical (unpaired) electrons. The molecule has 3 nitrogen and oxygen atoms in total. The van der Waals surface area contributed by atoms with Crippen molar-refractivity contribution in [1.29, 1.82) is 0 Å². The Bertz CT molecular complexity index is 488. The third-order valence-corrected chi connectivity index (χ3v) is 4.61. The van der Waals surface area contributed by atoms with Crippen LogP contribution < -0.4 is 0 Å².